The number of para-hydroxylation sites is 2. The maximum atomic E-state index is 2.44. The molecule has 2 nitrogen and oxygen atoms in total. The van der Waals surface area contributed by atoms with Crippen LogP contribution >= 0.6 is 0 Å². The smallest absolute Gasteiger partial charge is 0.0541 e. The third kappa shape index (κ3) is 6.65. The molecule has 0 aliphatic rings. The predicted octanol–water partition coefficient (Wildman–Crippen LogP) is 18.4. The lowest BCUT2D eigenvalue weighted by Gasteiger charge is -2.28. The number of benzene rings is 12. The molecule has 0 bridgehead atoms. The first-order valence-corrected chi connectivity index (χ1v) is 23.4. The van der Waals surface area contributed by atoms with Crippen LogP contribution in [0.1, 0.15) is 0 Å². The van der Waals surface area contributed by atoms with Crippen molar-refractivity contribution in [3.8, 4) is 50.2 Å². The lowest BCUT2D eigenvalue weighted by Crippen LogP contribution is -2.10. The Morgan fingerprint density at radius 1 is 0.250 bits per heavy atom. The van der Waals surface area contributed by atoms with E-state index >= 15 is 0 Å². The van der Waals surface area contributed by atoms with Gasteiger partial charge in [0.25, 0.3) is 0 Å². The second kappa shape index (κ2) is 16.5. The molecule has 0 spiro atoms. The Balaban J connectivity index is 0.985. The molecule has 0 unspecified atom stereocenters. The molecule has 68 heavy (non-hydrogen) atoms. The molecule has 13 rings (SSSR count). The second-order valence-electron chi connectivity index (χ2n) is 17.6. The highest BCUT2D eigenvalue weighted by molar-refractivity contribution is 6.22. The zero-order chi connectivity index (χ0) is 45.0. The Morgan fingerprint density at radius 2 is 0.706 bits per heavy atom. The molecule has 0 N–H and O–H groups in total. The molecule has 0 aliphatic carbocycles. The summed E-state index contributed by atoms with van der Waals surface area (Å²) < 4.78 is 2.38. The van der Waals surface area contributed by atoms with E-state index in [0.717, 1.165) is 33.9 Å². The molecule has 13 aromatic rings. The average Bonchev–Trinajstić information content (AvgIpc) is 3.75. The number of aromatic nitrogens is 1. The van der Waals surface area contributed by atoms with Gasteiger partial charge >= 0.3 is 0 Å². The van der Waals surface area contributed by atoms with Gasteiger partial charge < -0.3 is 9.47 Å². The summed E-state index contributed by atoms with van der Waals surface area (Å²) in [5, 5.41) is 9.87. The van der Waals surface area contributed by atoms with Gasteiger partial charge in [0, 0.05) is 33.2 Å². The molecule has 2 heteroatoms. The largest absolute Gasteiger partial charge is 0.310 e. The van der Waals surface area contributed by atoms with E-state index in [0.29, 0.717) is 0 Å². The van der Waals surface area contributed by atoms with E-state index < -0.39 is 0 Å². The van der Waals surface area contributed by atoms with E-state index in [9.17, 15) is 0 Å². The van der Waals surface area contributed by atoms with Gasteiger partial charge in [-0.05, 0) is 138 Å². The zero-order valence-electron chi connectivity index (χ0n) is 37.3. The number of hydrogen-bond acceptors (Lipinski definition) is 1. The van der Waals surface area contributed by atoms with Crippen LogP contribution in [0.15, 0.2) is 267 Å². The number of nitrogens with zero attached hydrogens (tertiary/aromatic N) is 2. The minimum atomic E-state index is 1.09. The molecule has 1 aromatic heterocycles. The SMILES string of the molecule is c1ccc(-c2c(-c3ccccc3)c3cc(-c4cccc(N(c5cccc(-c6ccc7c(c6)c6ccccc6n7-c6ccccc6)c5)c5cccc6ccccc56)c4)ccc3c3ccccc23)cc1. The van der Waals surface area contributed by atoms with Crippen LogP contribution in [0.2, 0.25) is 0 Å². The van der Waals surface area contributed by atoms with E-state index in [4.69, 9.17) is 0 Å². The Bertz CT molecular complexity index is 4010. The van der Waals surface area contributed by atoms with Gasteiger partial charge in [0.15, 0.2) is 0 Å². The van der Waals surface area contributed by atoms with Gasteiger partial charge in [0.05, 0.1) is 16.7 Å². The van der Waals surface area contributed by atoms with Crippen LogP contribution in [0.5, 0.6) is 0 Å². The molecule has 1 heterocycles. The monoisotopic (exact) mass is 864 g/mol. The van der Waals surface area contributed by atoms with Gasteiger partial charge in [-0.1, -0.05) is 200 Å². The second-order valence-corrected chi connectivity index (χ2v) is 17.6. The molecular weight excluding hydrogens is 821 g/mol. The van der Waals surface area contributed by atoms with Crippen molar-refractivity contribution < 1.29 is 0 Å². The summed E-state index contributed by atoms with van der Waals surface area (Å²) >= 11 is 0. The summed E-state index contributed by atoms with van der Waals surface area (Å²) in [6.45, 7) is 0. The topological polar surface area (TPSA) is 8.17 Å². The molecule has 0 saturated heterocycles. The fraction of sp³-hybridized carbons (Fsp3) is 0. The number of hydrogen-bond donors (Lipinski definition) is 0. The molecular formula is C66H44N2. The minimum absolute atomic E-state index is 1.09. The standard InChI is InChI=1S/C66H44N2/c1-4-20-46(21-5-1)65-59-34-13-12-32-56(59)57-39-37-50(44-61(57)66(65)47-22-6-2-7-23-47)48-25-16-29-53(41-48)67(62-36-18-24-45-19-10-11-31-55(45)62)54-30-17-26-49(42-54)51-38-40-64-60(43-51)58-33-14-15-35-63(58)68(64)52-27-8-3-9-28-52/h1-44H. The third-order valence-electron chi connectivity index (χ3n) is 13.7. The summed E-state index contributed by atoms with van der Waals surface area (Å²) in [7, 11) is 0. The van der Waals surface area contributed by atoms with Crippen molar-refractivity contribution in [2.24, 2.45) is 0 Å². The van der Waals surface area contributed by atoms with Crippen LogP contribution in [-0.4, -0.2) is 4.57 Å². The van der Waals surface area contributed by atoms with Gasteiger partial charge in [-0.3, -0.25) is 0 Å². The highest BCUT2D eigenvalue weighted by Crippen LogP contribution is 2.47. The maximum absolute atomic E-state index is 2.44. The fourth-order valence-corrected chi connectivity index (χ4v) is 10.7. The van der Waals surface area contributed by atoms with Crippen LogP contribution in [-0.2, 0) is 0 Å². The van der Waals surface area contributed by atoms with Crippen LogP contribution in [0.4, 0.5) is 17.1 Å². The number of fused-ring (bicyclic) bond motifs is 7. The lowest BCUT2D eigenvalue weighted by atomic mass is 9.84. The van der Waals surface area contributed by atoms with Crippen LogP contribution in [0.25, 0.3) is 104 Å². The molecule has 0 radical (unpaired) electrons. The zero-order valence-corrected chi connectivity index (χ0v) is 37.3. The normalized spacial score (nSPS) is 11.5. The Labute approximate surface area is 395 Å². The summed E-state index contributed by atoms with van der Waals surface area (Å²) in [5.74, 6) is 0. The van der Waals surface area contributed by atoms with Crippen molar-refractivity contribution >= 4 is 71.2 Å². The summed E-state index contributed by atoms with van der Waals surface area (Å²) in [5.41, 5.74) is 16.4. The number of anilines is 3. The van der Waals surface area contributed by atoms with Crippen LogP contribution in [0.3, 0.4) is 0 Å². The molecule has 318 valence electrons. The van der Waals surface area contributed by atoms with Crippen LogP contribution in [0, 0.1) is 0 Å². The van der Waals surface area contributed by atoms with E-state index in [2.05, 4.69) is 276 Å². The van der Waals surface area contributed by atoms with Gasteiger partial charge in [0.1, 0.15) is 0 Å². The first-order valence-electron chi connectivity index (χ1n) is 23.4. The molecule has 0 amide bonds. The van der Waals surface area contributed by atoms with Gasteiger partial charge in [-0.15, -0.1) is 0 Å². The Kier molecular flexibility index (Phi) is 9.54. The maximum Gasteiger partial charge on any atom is 0.0541 e. The molecule has 0 saturated carbocycles. The quantitative estimate of drug-likeness (QED) is 0.138. The molecule has 0 aliphatic heterocycles. The summed E-state index contributed by atoms with van der Waals surface area (Å²) in [4.78, 5) is 2.44. The van der Waals surface area contributed by atoms with E-state index in [1.807, 2.05) is 0 Å². The van der Waals surface area contributed by atoms with Crippen molar-refractivity contribution in [3.63, 3.8) is 0 Å². The Morgan fingerprint density at radius 3 is 1.40 bits per heavy atom. The first kappa shape index (κ1) is 39.4. The van der Waals surface area contributed by atoms with Gasteiger partial charge in [-0.25, -0.2) is 0 Å². The lowest BCUT2D eigenvalue weighted by molar-refractivity contribution is 1.18. The molecule has 0 fully saturated rings. The Hall–Kier alpha value is -8.98. The van der Waals surface area contributed by atoms with Crippen molar-refractivity contribution in [2.75, 3.05) is 4.90 Å². The van der Waals surface area contributed by atoms with E-state index in [1.54, 1.807) is 0 Å². The van der Waals surface area contributed by atoms with Crippen molar-refractivity contribution in [2.45, 2.75) is 0 Å². The van der Waals surface area contributed by atoms with E-state index in [-0.39, 0.29) is 0 Å². The van der Waals surface area contributed by atoms with Crippen molar-refractivity contribution in [1.82, 2.24) is 4.57 Å². The fourth-order valence-electron chi connectivity index (χ4n) is 10.7. The van der Waals surface area contributed by atoms with Gasteiger partial charge in [0.2, 0.25) is 0 Å². The van der Waals surface area contributed by atoms with E-state index in [1.165, 1.54) is 87.5 Å². The predicted molar refractivity (Wildman–Crippen MR) is 290 cm³/mol. The van der Waals surface area contributed by atoms with Crippen LogP contribution < -0.4 is 4.90 Å². The van der Waals surface area contributed by atoms with Crippen molar-refractivity contribution in [3.05, 3.63) is 267 Å². The third-order valence-corrected chi connectivity index (χ3v) is 13.7. The summed E-state index contributed by atoms with van der Waals surface area (Å²) in [6, 6.07) is 97.5. The van der Waals surface area contributed by atoms with Crippen molar-refractivity contribution in [1.29, 1.82) is 0 Å². The molecule has 0 atom stereocenters. The average molecular weight is 865 g/mol. The number of rotatable bonds is 8. The summed E-state index contributed by atoms with van der Waals surface area (Å²) in [6.07, 6.45) is 0. The van der Waals surface area contributed by atoms with Gasteiger partial charge in [-0.2, -0.15) is 0 Å². The highest BCUT2D eigenvalue weighted by atomic mass is 15.1. The highest BCUT2D eigenvalue weighted by Gasteiger charge is 2.21. The minimum Gasteiger partial charge on any atom is -0.310 e. The first-order chi connectivity index (χ1) is 33.7. The molecule has 12 aromatic carbocycles.